The summed E-state index contributed by atoms with van der Waals surface area (Å²) < 4.78 is 21.1. The van der Waals surface area contributed by atoms with Crippen LogP contribution in [0.1, 0.15) is 11.1 Å². The van der Waals surface area contributed by atoms with Crippen LogP contribution >= 0.6 is 0 Å². The second-order valence-electron chi connectivity index (χ2n) is 3.56. The molecule has 0 fully saturated rings. The van der Waals surface area contributed by atoms with Crippen LogP contribution in [0.5, 0.6) is 0 Å². The maximum absolute atomic E-state index is 11.2. The molecule has 0 saturated heterocycles. The van der Waals surface area contributed by atoms with Gasteiger partial charge < -0.3 is 0 Å². The summed E-state index contributed by atoms with van der Waals surface area (Å²) in [5, 5.41) is 0. The van der Waals surface area contributed by atoms with E-state index in [0.717, 1.165) is 11.1 Å². The van der Waals surface area contributed by atoms with Crippen LogP contribution in [0.2, 0.25) is 0 Å². The first-order valence-corrected chi connectivity index (χ1v) is 7.59. The molecule has 1 radical (unpaired) electrons. The van der Waals surface area contributed by atoms with E-state index in [0.29, 0.717) is 10.8 Å². The molecule has 1 unspecified atom stereocenters. The summed E-state index contributed by atoms with van der Waals surface area (Å²) in [4.78, 5) is 0. The second kappa shape index (κ2) is 5.20. The fourth-order valence-corrected chi connectivity index (χ4v) is 2.95. The van der Waals surface area contributed by atoms with Crippen LogP contribution in [-0.4, -0.2) is 19.0 Å². The van der Waals surface area contributed by atoms with Gasteiger partial charge in [-0.05, 0) is 0 Å². The average molecular weight is 275 g/mol. The van der Waals surface area contributed by atoms with Crippen molar-refractivity contribution >= 4 is 19.3 Å². The first kappa shape index (κ1) is 11.2. The molecule has 2 aromatic carbocycles. The molecule has 3 heteroatoms. The number of benzene rings is 2. The van der Waals surface area contributed by atoms with Gasteiger partial charge in [0.15, 0.2) is 0 Å². The van der Waals surface area contributed by atoms with Crippen molar-refractivity contribution in [2.75, 3.05) is 0 Å². The van der Waals surface area contributed by atoms with Crippen LogP contribution in [0.15, 0.2) is 54.6 Å². The zero-order valence-corrected chi connectivity index (χ0v) is 10.6. The molecule has 0 aliphatic carbocycles. The van der Waals surface area contributed by atoms with Gasteiger partial charge in [0.2, 0.25) is 0 Å². The molecular formula is C13H12AsO2. The van der Waals surface area contributed by atoms with E-state index < -0.39 is 14.9 Å². The molecule has 0 aromatic heterocycles. The predicted octanol–water partition coefficient (Wildman–Crippen LogP) is 1.40. The van der Waals surface area contributed by atoms with E-state index in [1.54, 1.807) is 12.1 Å². The summed E-state index contributed by atoms with van der Waals surface area (Å²) in [6, 6.07) is 17.3. The Morgan fingerprint density at radius 1 is 0.938 bits per heavy atom. The topological polar surface area (TPSA) is 37.3 Å². The summed E-state index contributed by atoms with van der Waals surface area (Å²) in [6.45, 7) is 0. The van der Waals surface area contributed by atoms with E-state index in [4.69, 9.17) is 0 Å². The van der Waals surface area contributed by atoms with Gasteiger partial charge >= 0.3 is 99.3 Å². The Morgan fingerprint density at radius 3 is 2.25 bits per heavy atom. The third-order valence-electron chi connectivity index (χ3n) is 2.44. The summed E-state index contributed by atoms with van der Waals surface area (Å²) in [7, 11) is 0. The van der Waals surface area contributed by atoms with Crippen molar-refractivity contribution in [2.24, 2.45) is 0 Å². The fraction of sp³-hybridized carbons (Fsp3) is 0.0769. The number of rotatable bonds is 3. The molecule has 2 nitrogen and oxygen atoms in total. The summed E-state index contributed by atoms with van der Waals surface area (Å²) in [5.74, 6) is 0. The van der Waals surface area contributed by atoms with Crippen molar-refractivity contribution in [1.29, 1.82) is 0 Å². The van der Waals surface area contributed by atoms with Gasteiger partial charge in [-0.2, -0.15) is 0 Å². The van der Waals surface area contributed by atoms with Crippen LogP contribution in [0.25, 0.3) is 0 Å². The SMILES string of the molecule is O=[As](O)c1ccccc1Cc1ccccc1. The Bertz CT molecular complexity index is 494. The van der Waals surface area contributed by atoms with Crippen LogP contribution in [0.3, 0.4) is 0 Å². The van der Waals surface area contributed by atoms with Crippen LogP contribution in [0, 0.1) is 0 Å². The maximum atomic E-state index is 11.2. The fourth-order valence-electron chi connectivity index (χ4n) is 1.66. The van der Waals surface area contributed by atoms with Crippen molar-refractivity contribution in [3.8, 4) is 0 Å². The molecule has 81 valence electrons. The number of hydrogen-bond acceptors (Lipinski definition) is 1. The molecular weight excluding hydrogens is 263 g/mol. The van der Waals surface area contributed by atoms with Crippen molar-refractivity contribution in [2.45, 2.75) is 6.42 Å². The van der Waals surface area contributed by atoms with Crippen molar-refractivity contribution in [3.63, 3.8) is 0 Å². The number of hydrogen-bond donors (Lipinski definition) is 1. The Labute approximate surface area is 99.4 Å². The standard InChI is InChI=1S/C13H12AsO2/c15-14(16)13-9-5-4-8-12(13)10-11-6-2-1-3-7-11/h1-9H,10H2,(H,15,16). The zero-order chi connectivity index (χ0) is 11.4. The van der Waals surface area contributed by atoms with E-state index in [1.807, 2.05) is 42.5 Å². The van der Waals surface area contributed by atoms with Gasteiger partial charge in [-0.1, -0.05) is 0 Å². The summed E-state index contributed by atoms with van der Waals surface area (Å²) in [5.41, 5.74) is 2.11. The minimum atomic E-state index is -3.02. The predicted molar refractivity (Wildman–Crippen MR) is 64.0 cm³/mol. The third kappa shape index (κ3) is 2.66. The van der Waals surface area contributed by atoms with Crippen molar-refractivity contribution < 1.29 is 7.84 Å². The van der Waals surface area contributed by atoms with E-state index in [-0.39, 0.29) is 0 Å². The first-order valence-electron chi connectivity index (χ1n) is 5.05. The molecule has 0 amide bonds. The zero-order valence-electron chi connectivity index (χ0n) is 8.71. The van der Waals surface area contributed by atoms with Crippen LogP contribution in [-0.2, 0) is 10.2 Å². The van der Waals surface area contributed by atoms with Gasteiger partial charge in [-0.25, -0.2) is 0 Å². The van der Waals surface area contributed by atoms with Gasteiger partial charge in [0, 0.05) is 0 Å². The molecule has 0 spiro atoms. The Balaban J connectivity index is 2.31. The van der Waals surface area contributed by atoms with E-state index in [2.05, 4.69) is 0 Å². The monoisotopic (exact) mass is 275 g/mol. The molecule has 0 bridgehead atoms. The van der Waals surface area contributed by atoms with Gasteiger partial charge in [-0.15, -0.1) is 0 Å². The van der Waals surface area contributed by atoms with Crippen LogP contribution < -0.4 is 4.35 Å². The quantitative estimate of drug-likeness (QED) is 0.860. The molecule has 0 saturated carbocycles. The van der Waals surface area contributed by atoms with Crippen LogP contribution in [0.4, 0.5) is 0 Å². The van der Waals surface area contributed by atoms with Gasteiger partial charge in [0.05, 0.1) is 0 Å². The Kier molecular flexibility index (Phi) is 3.65. The van der Waals surface area contributed by atoms with Crippen molar-refractivity contribution in [3.05, 3.63) is 65.7 Å². The van der Waals surface area contributed by atoms with E-state index in [1.165, 1.54) is 0 Å². The summed E-state index contributed by atoms with van der Waals surface area (Å²) >= 11 is -3.02. The Morgan fingerprint density at radius 2 is 1.56 bits per heavy atom. The normalized spacial score (nSPS) is 11.2. The molecule has 1 N–H and O–H groups in total. The molecule has 1 atom stereocenters. The van der Waals surface area contributed by atoms with E-state index >= 15 is 0 Å². The molecule has 2 aromatic rings. The first-order chi connectivity index (χ1) is 7.77. The second-order valence-corrected chi connectivity index (χ2v) is 5.72. The van der Waals surface area contributed by atoms with Gasteiger partial charge in [0.1, 0.15) is 0 Å². The minimum absolute atomic E-state index is 0.610. The molecule has 0 aliphatic heterocycles. The summed E-state index contributed by atoms with van der Waals surface area (Å²) in [6.07, 6.45) is 0.713. The van der Waals surface area contributed by atoms with E-state index in [9.17, 15) is 7.84 Å². The molecule has 0 aliphatic rings. The average Bonchev–Trinajstić information content (AvgIpc) is 2.31. The van der Waals surface area contributed by atoms with Gasteiger partial charge in [-0.3, -0.25) is 0 Å². The van der Waals surface area contributed by atoms with Crippen molar-refractivity contribution in [1.82, 2.24) is 0 Å². The molecule has 2 rings (SSSR count). The molecule has 16 heavy (non-hydrogen) atoms. The third-order valence-corrected chi connectivity index (χ3v) is 4.22. The molecule has 0 heterocycles. The van der Waals surface area contributed by atoms with Gasteiger partial charge in [0.25, 0.3) is 0 Å². The Hall–Kier alpha value is -1.24.